The van der Waals surface area contributed by atoms with Crippen molar-refractivity contribution in [3.63, 3.8) is 0 Å². The highest BCUT2D eigenvalue weighted by atomic mass is 16.3. The van der Waals surface area contributed by atoms with Gasteiger partial charge in [0.2, 0.25) is 0 Å². The number of aromatic nitrogens is 1. The van der Waals surface area contributed by atoms with Crippen molar-refractivity contribution < 1.29 is 4.42 Å². The quantitative estimate of drug-likeness (QED) is 0.159. The maximum Gasteiger partial charge on any atom is 0.135 e. The van der Waals surface area contributed by atoms with E-state index in [1.165, 1.54) is 72.0 Å². The number of anilines is 3. The van der Waals surface area contributed by atoms with E-state index in [0.29, 0.717) is 0 Å². The molecule has 0 N–H and O–H groups in total. The lowest BCUT2D eigenvalue weighted by atomic mass is 9.82. The standard InChI is InChI=1S/C63H44N2O/c1-63(2)56-18-8-3-14-50(56)51-37-36-48(40-57(51)63)64(47-34-29-43(30-35-47)45-31-38-62-55(39-45)54-17-7-12-22-61(54)66-62)46-32-27-42(28-33-46)41-23-25-44(26-24-41)49-13-4-9-19-58(49)65-59-20-10-5-15-52(59)53-16-6-11-21-60(53)65/h3-40H,1-2H3. The van der Waals surface area contributed by atoms with Gasteiger partial charge in [-0.1, -0.05) is 172 Å². The van der Waals surface area contributed by atoms with E-state index >= 15 is 0 Å². The molecule has 0 saturated carbocycles. The van der Waals surface area contributed by atoms with Crippen LogP contribution in [0.3, 0.4) is 0 Å². The predicted molar refractivity (Wildman–Crippen MR) is 277 cm³/mol. The molecule has 0 atom stereocenters. The summed E-state index contributed by atoms with van der Waals surface area (Å²) in [5.74, 6) is 0. The smallest absolute Gasteiger partial charge is 0.135 e. The van der Waals surface area contributed by atoms with Crippen LogP contribution < -0.4 is 4.90 Å². The molecule has 0 fully saturated rings. The Kier molecular flexibility index (Phi) is 8.56. The van der Waals surface area contributed by atoms with E-state index in [1.807, 2.05) is 12.1 Å². The van der Waals surface area contributed by atoms with Gasteiger partial charge in [0.25, 0.3) is 0 Å². The van der Waals surface area contributed by atoms with Gasteiger partial charge < -0.3 is 13.9 Å². The first-order chi connectivity index (χ1) is 32.5. The van der Waals surface area contributed by atoms with Gasteiger partial charge in [-0.15, -0.1) is 0 Å². The molecular weight excluding hydrogens is 801 g/mol. The summed E-state index contributed by atoms with van der Waals surface area (Å²) in [5, 5.41) is 4.80. The zero-order valence-corrected chi connectivity index (χ0v) is 36.7. The number of furan rings is 1. The Morgan fingerprint density at radius 1 is 0.348 bits per heavy atom. The molecule has 0 amide bonds. The van der Waals surface area contributed by atoms with Gasteiger partial charge in [0.05, 0.1) is 16.7 Å². The fourth-order valence-corrected chi connectivity index (χ4v) is 10.7. The summed E-state index contributed by atoms with van der Waals surface area (Å²) >= 11 is 0. The first kappa shape index (κ1) is 38.1. The van der Waals surface area contributed by atoms with Gasteiger partial charge in [0.1, 0.15) is 11.2 Å². The van der Waals surface area contributed by atoms with E-state index in [9.17, 15) is 0 Å². The molecule has 12 aromatic rings. The number of rotatable bonds is 7. The summed E-state index contributed by atoms with van der Waals surface area (Å²) in [6.45, 7) is 4.70. The van der Waals surface area contributed by atoms with Crippen molar-refractivity contribution in [3.05, 3.63) is 242 Å². The third-order valence-electron chi connectivity index (χ3n) is 14.0. The molecular formula is C63H44N2O. The Morgan fingerprint density at radius 2 is 0.833 bits per heavy atom. The fraction of sp³-hybridized carbons (Fsp3) is 0.0476. The van der Waals surface area contributed by atoms with E-state index in [2.05, 4.69) is 242 Å². The van der Waals surface area contributed by atoms with Crippen molar-refractivity contribution >= 4 is 60.8 Å². The number of para-hydroxylation sites is 4. The lowest BCUT2D eigenvalue weighted by Crippen LogP contribution is -2.16. The molecule has 3 nitrogen and oxygen atoms in total. The van der Waals surface area contributed by atoms with Crippen LogP contribution in [0, 0.1) is 0 Å². The number of benzene rings is 10. The highest BCUT2D eigenvalue weighted by Crippen LogP contribution is 2.51. The number of nitrogens with zero attached hydrogens (tertiary/aromatic N) is 2. The Bertz CT molecular complexity index is 3780. The molecule has 10 aromatic carbocycles. The molecule has 1 aliphatic carbocycles. The third kappa shape index (κ3) is 5.97. The Morgan fingerprint density at radius 3 is 1.53 bits per heavy atom. The average Bonchev–Trinajstić information content (AvgIpc) is 3.99. The minimum atomic E-state index is -0.118. The molecule has 0 saturated heterocycles. The van der Waals surface area contributed by atoms with E-state index in [0.717, 1.165) is 50.1 Å². The van der Waals surface area contributed by atoms with E-state index in [1.54, 1.807) is 0 Å². The molecule has 2 heterocycles. The molecule has 2 aromatic heterocycles. The second kappa shape index (κ2) is 14.8. The minimum absolute atomic E-state index is 0.118. The van der Waals surface area contributed by atoms with E-state index < -0.39 is 0 Å². The summed E-state index contributed by atoms with van der Waals surface area (Å²) in [6.07, 6.45) is 0. The molecule has 0 spiro atoms. The third-order valence-corrected chi connectivity index (χ3v) is 14.0. The molecule has 3 heteroatoms. The van der Waals surface area contributed by atoms with Crippen LogP contribution in [0.1, 0.15) is 25.0 Å². The Labute approximate surface area is 384 Å². The SMILES string of the molecule is CC1(C)c2ccccc2-c2ccc(N(c3ccc(-c4ccc(-c5ccccc5-n5c6ccccc6c6ccccc65)cc4)cc3)c3ccc(-c4ccc5oc6ccccc6c5c4)cc3)cc21. The molecule has 66 heavy (non-hydrogen) atoms. The first-order valence-electron chi connectivity index (χ1n) is 22.8. The van der Waals surface area contributed by atoms with Crippen molar-refractivity contribution in [1.29, 1.82) is 0 Å². The monoisotopic (exact) mass is 844 g/mol. The zero-order valence-electron chi connectivity index (χ0n) is 36.7. The number of hydrogen-bond acceptors (Lipinski definition) is 2. The molecule has 1 aliphatic rings. The van der Waals surface area contributed by atoms with Gasteiger partial charge in [-0.2, -0.15) is 0 Å². The summed E-state index contributed by atoms with van der Waals surface area (Å²) in [6, 6.07) is 83.9. The summed E-state index contributed by atoms with van der Waals surface area (Å²) in [4.78, 5) is 2.40. The predicted octanol–water partition coefficient (Wildman–Crippen LogP) is 17.5. The number of fused-ring (bicyclic) bond motifs is 9. The van der Waals surface area contributed by atoms with Crippen molar-refractivity contribution in [2.24, 2.45) is 0 Å². The van der Waals surface area contributed by atoms with Crippen LogP contribution in [0.5, 0.6) is 0 Å². The van der Waals surface area contributed by atoms with Gasteiger partial charge >= 0.3 is 0 Å². The van der Waals surface area contributed by atoms with Crippen LogP contribution >= 0.6 is 0 Å². The Hall–Kier alpha value is -8.40. The lowest BCUT2D eigenvalue weighted by Gasteiger charge is -2.28. The molecule has 312 valence electrons. The average molecular weight is 845 g/mol. The normalized spacial score (nSPS) is 12.8. The van der Waals surface area contributed by atoms with Crippen molar-refractivity contribution in [2.75, 3.05) is 4.90 Å². The maximum absolute atomic E-state index is 6.15. The first-order valence-corrected chi connectivity index (χ1v) is 22.8. The van der Waals surface area contributed by atoms with Crippen LogP contribution in [0.25, 0.3) is 93.9 Å². The van der Waals surface area contributed by atoms with Crippen molar-refractivity contribution in [1.82, 2.24) is 4.57 Å². The summed E-state index contributed by atoms with van der Waals surface area (Å²) < 4.78 is 8.56. The van der Waals surface area contributed by atoms with Crippen LogP contribution in [-0.4, -0.2) is 4.57 Å². The van der Waals surface area contributed by atoms with Gasteiger partial charge in [0.15, 0.2) is 0 Å². The van der Waals surface area contributed by atoms with Gasteiger partial charge in [-0.25, -0.2) is 0 Å². The van der Waals surface area contributed by atoms with Gasteiger partial charge in [-0.3, -0.25) is 0 Å². The Balaban J connectivity index is 0.860. The molecule has 0 bridgehead atoms. The van der Waals surface area contributed by atoms with E-state index in [-0.39, 0.29) is 5.41 Å². The highest BCUT2D eigenvalue weighted by Gasteiger charge is 2.35. The van der Waals surface area contributed by atoms with Crippen LogP contribution in [0.2, 0.25) is 0 Å². The number of hydrogen-bond donors (Lipinski definition) is 0. The van der Waals surface area contributed by atoms with Crippen LogP contribution in [-0.2, 0) is 5.41 Å². The van der Waals surface area contributed by atoms with E-state index in [4.69, 9.17) is 4.42 Å². The molecule has 0 unspecified atom stereocenters. The largest absolute Gasteiger partial charge is 0.456 e. The minimum Gasteiger partial charge on any atom is -0.456 e. The van der Waals surface area contributed by atoms with Crippen LogP contribution in [0.15, 0.2) is 235 Å². The van der Waals surface area contributed by atoms with Crippen molar-refractivity contribution in [2.45, 2.75) is 19.3 Å². The second-order valence-corrected chi connectivity index (χ2v) is 18.1. The van der Waals surface area contributed by atoms with Crippen LogP contribution in [0.4, 0.5) is 17.1 Å². The maximum atomic E-state index is 6.15. The zero-order chi connectivity index (χ0) is 43.9. The highest BCUT2D eigenvalue weighted by molar-refractivity contribution is 6.10. The fourth-order valence-electron chi connectivity index (χ4n) is 10.7. The summed E-state index contributed by atoms with van der Waals surface area (Å²) in [5.41, 5.74) is 21.0. The van der Waals surface area contributed by atoms with Gasteiger partial charge in [0, 0.05) is 49.6 Å². The van der Waals surface area contributed by atoms with Gasteiger partial charge in [-0.05, 0) is 123 Å². The van der Waals surface area contributed by atoms with Crippen molar-refractivity contribution in [3.8, 4) is 50.2 Å². The molecule has 0 aliphatic heterocycles. The topological polar surface area (TPSA) is 21.3 Å². The lowest BCUT2D eigenvalue weighted by molar-refractivity contribution is 0.660. The molecule has 13 rings (SSSR count). The second-order valence-electron chi connectivity index (χ2n) is 18.1. The molecule has 0 radical (unpaired) electrons. The summed E-state index contributed by atoms with van der Waals surface area (Å²) in [7, 11) is 0.